The van der Waals surface area contributed by atoms with Crippen molar-refractivity contribution in [2.75, 3.05) is 32.8 Å². The molecule has 0 aliphatic carbocycles. The highest BCUT2D eigenvalue weighted by Crippen LogP contribution is 2.39. The van der Waals surface area contributed by atoms with E-state index in [4.69, 9.17) is 27.9 Å². The predicted molar refractivity (Wildman–Crippen MR) is 143 cm³/mol. The number of H-pyrrole nitrogens is 1. The number of nitrogens with zero attached hydrogens (tertiary/aromatic N) is 2. The second-order valence-electron chi connectivity index (χ2n) is 9.35. The second-order valence-corrected chi connectivity index (χ2v) is 10.2. The maximum absolute atomic E-state index is 13.2. The highest BCUT2D eigenvalue weighted by atomic mass is 35.5. The maximum Gasteiger partial charge on any atom is 0.259 e. The number of hydrogen-bond acceptors (Lipinski definition) is 5. The van der Waals surface area contributed by atoms with Gasteiger partial charge in [0.25, 0.3) is 11.8 Å². The first-order valence-electron chi connectivity index (χ1n) is 12.0. The summed E-state index contributed by atoms with van der Waals surface area (Å²) >= 11 is 12.6. The zero-order valence-electron chi connectivity index (χ0n) is 19.8. The molecule has 2 aliphatic rings. The van der Waals surface area contributed by atoms with Crippen LogP contribution < -0.4 is 5.32 Å². The standard InChI is InChI=1S/C27H24Cl2N4O4/c28-15-1-3-22-18(9-15)20(11-30-22)24-25(27(36)31-26(24)35)21-14-33(23-4-2-16(29)10-19(21)23)13-17(34)12-32-5-7-37-8-6-32/h1-4,9-11,14,17,30,34H,5-8,12-13H2,(H,31,35,36). The van der Waals surface area contributed by atoms with Gasteiger partial charge in [0.15, 0.2) is 0 Å². The van der Waals surface area contributed by atoms with Crippen LogP contribution in [0.4, 0.5) is 0 Å². The van der Waals surface area contributed by atoms with Crippen LogP contribution in [-0.2, 0) is 20.9 Å². The van der Waals surface area contributed by atoms with E-state index in [9.17, 15) is 14.7 Å². The van der Waals surface area contributed by atoms with Gasteiger partial charge in [-0.05, 0) is 36.4 Å². The summed E-state index contributed by atoms with van der Waals surface area (Å²) in [5, 5.41) is 15.8. The first-order valence-corrected chi connectivity index (χ1v) is 12.8. The first-order chi connectivity index (χ1) is 17.9. The number of hydrogen-bond donors (Lipinski definition) is 3. The number of carbonyl (C=O) groups excluding carboxylic acids is 2. The number of nitrogens with one attached hydrogen (secondary N) is 2. The molecule has 1 unspecified atom stereocenters. The summed E-state index contributed by atoms with van der Waals surface area (Å²) in [4.78, 5) is 31.6. The minimum absolute atomic E-state index is 0.263. The van der Waals surface area contributed by atoms with Crippen molar-refractivity contribution in [2.45, 2.75) is 12.6 Å². The molecule has 190 valence electrons. The third kappa shape index (κ3) is 4.45. The van der Waals surface area contributed by atoms with Gasteiger partial charge >= 0.3 is 0 Å². The van der Waals surface area contributed by atoms with E-state index in [0.29, 0.717) is 47.5 Å². The van der Waals surface area contributed by atoms with E-state index in [0.717, 1.165) is 34.9 Å². The number of halogens is 2. The van der Waals surface area contributed by atoms with Crippen LogP contribution in [0.15, 0.2) is 48.8 Å². The van der Waals surface area contributed by atoms with Gasteiger partial charge in [0.2, 0.25) is 0 Å². The highest BCUT2D eigenvalue weighted by Gasteiger charge is 2.35. The average molecular weight is 539 g/mol. The van der Waals surface area contributed by atoms with Crippen molar-refractivity contribution in [3.63, 3.8) is 0 Å². The van der Waals surface area contributed by atoms with Crippen molar-refractivity contribution in [3.8, 4) is 0 Å². The third-order valence-electron chi connectivity index (χ3n) is 6.94. The monoisotopic (exact) mass is 538 g/mol. The molecule has 0 radical (unpaired) electrons. The summed E-state index contributed by atoms with van der Waals surface area (Å²) in [6.07, 6.45) is 2.89. The lowest BCUT2D eigenvalue weighted by Crippen LogP contribution is -2.41. The molecule has 1 atom stereocenters. The molecule has 6 rings (SSSR count). The van der Waals surface area contributed by atoms with Crippen molar-refractivity contribution in [1.29, 1.82) is 0 Å². The SMILES string of the molecule is O=C1NC(=O)C(c2cn(CC(O)CN3CCOCC3)c3ccc(Cl)cc23)=C1c1c[nH]c2ccc(Cl)cc12. The number of fused-ring (bicyclic) bond motifs is 2. The zero-order chi connectivity index (χ0) is 25.7. The van der Waals surface area contributed by atoms with Gasteiger partial charge < -0.3 is 19.4 Å². The number of rotatable bonds is 6. The number of β-amino-alcohol motifs (C(OH)–C–C–N with tert-alkyl or cyclic N) is 1. The molecule has 0 bridgehead atoms. The lowest BCUT2D eigenvalue weighted by molar-refractivity contribution is -0.122. The van der Waals surface area contributed by atoms with Crippen molar-refractivity contribution in [3.05, 3.63) is 70.0 Å². The van der Waals surface area contributed by atoms with Gasteiger partial charge in [-0.2, -0.15) is 0 Å². The summed E-state index contributed by atoms with van der Waals surface area (Å²) in [6, 6.07) is 10.8. The molecule has 2 aliphatic heterocycles. The fourth-order valence-electron chi connectivity index (χ4n) is 5.26. The normalized spacial score (nSPS) is 17.8. The van der Waals surface area contributed by atoms with Gasteiger partial charge in [-0.1, -0.05) is 23.2 Å². The van der Waals surface area contributed by atoms with Crippen LogP contribution in [0.5, 0.6) is 0 Å². The molecule has 2 aromatic carbocycles. The summed E-state index contributed by atoms with van der Waals surface area (Å²) in [7, 11) is 0. The molecule has 10 heteroatoms. The van der Waals surface area contributed by atoms with Gasteiger partial charge in [0.1, 0.15) is 0 Å². The van der Waals surface area contributed by atoms with E-state index >= 15 is 0 Å². The van der Waals surface area contributed by atoms with Crippen molar-refractivity contribution in [1.82, 2.24) is 19.8 Å². The highest BCUT2D eigenvalue weighted by molar-refractivity contribution is 6.51. The maximum atomic E-state index is 13.2. The van der Waals surface area contributed by atoms with Crippen LogP contribution in [0, 0.1) is 0 Å². The quantitative estimate of drug-likeness (QED) is 0.325. The smallest absolute Gasteiger partial charge is 0.259 e. The molecule has 2 aromatic heterocycles. The molecule has 0 saturated carbocycles. The Labute approximate surface area is 222 Å². The number of aromatic amines is 1. The average Bonchev–Trinajstić information content (AvgIpc) is 3.51. The number of carbonyl (C=O) groups is 2. The van der Waals surface area contributed by atoms with Crippen LogP contribution in [0.2, 0.25) is 10.0 Å². The molecule has 3 N–H and O–H groups in total. The Morgan fingerprint density at radius 2 is 1.59 bits per heavy atom. The van der Waals surface area contributed by atoms with Gasteiger partial charge in [-0.3, -0.25) is 19.8 Å². The van der Waals surface area contributed by atoms with Crippen molar-refractivity contribution in [2.24, 2.45) is 0 Å². The van der Waals surface area contributed by atoms with Gasteiger partial charge in [-0.15, -0.1) is 0 Å². The number of aliphatic hydroxyl groups is 1. The molecule has 1 fully saturated rings. The van der Waals surface area contributed by atoms with Crippen LogP contribution in [0.1, 0.15) is 11.1 Å². The molecule has 0 spiro atoms. The van der Waals surface area contributed by atoms with E-state index in [1.54, 1.807) is 30.5 Å². The Bertz CT molecular complexity index is 1580. The van der Waals surface area contributed by atoms with Gasteiger partial charge in [0, 0.05) is 81.6 Å². The molecular formula is C27H24Cl2N4O4. The Hall–Kier alpha value is -3.14. The summed E-state index contributed by atoms with van der Waals surface area (Å²) < 4.78 is 7.32. The Morgan fingerprint density at radius 3 is 2.35 bits per heavy atom. The van der Waals surface area contributed by atoms with Crippen molar-refractivity contribution >= 4 is 68.0 Å². The summed E-state index contributed by atoms with van der Waals surface area (Å²) in [5.41, 5.74) is 3.31. The number of ether oxygens (including phenoxy) is 1. The van der Waals surface area contributed by atoms with E-state index in [2.05, 4.69) is 15.2 Å². The summed E-state index contributed by atoms with van der Waals surface area (Å²) in [6.45, 7) is 3.68. The first kappa shape index (κ1) is 24.2. The molecule has 4 heterocycles. The molecular weight excluding hydrogens is 515 g/mol. The Balaban J connectivity index is 1.47. The van der Waals surface area contributed by atoms with Gasteiger partial charge in [0.05, 0.1) is 30.5 Å². The number of amides is 2. The number of benzene rings is 2. The molecule has 8 nitrogen and oxygen atoms in total. The summed E-state index contributed by atoms with van der Waals surface area (Å²) in [5.74, 6) is -0.958. The minimum Gasteiger partial charge on any atom is -0.390 e. The van der Waals surface area contributed by atoms with E-state index in [-0.39, 0.29) is 11.1 Å². The topological polar surface area (TPSA) is 99.6 Å². The third-order valence-corrected chi connectivity index (χ3v) is 7.41. The zero-order valence-corrected chi connectivity index (χ0v) is 21.3. The second kappa shape index (κ2) is 9.63. The fourth-order valence-corrected chi connectivity index (χ4v) is 5.60. The Morgan fingerprint density at radius 1 is 0.919 bits per heavy atom. The number of aromatic nitrogens is 2. The fraction of sp³-hybridized carbons (Fsp3) is 0.259. The Kier molecular flexibility index (Phi) is 6.30. The number of morpholine rings is 1. The van der Waals surface area contributed by atoms with Crippen LogP contribution >= 0.6 is 23.2 Å². The number of aliphatic hydroxyl groups excluding tert-OH is 1. The lowest BCUT2D eigenvalue weighted by atomic mass is 9.95. The van der Waals surface area contributed by atoms with E-state index < -0.39 is 17.9 Å². The molecule has 2 amide bonds. The van der Waals surface area contributed by atoms with Crippen LogP contribution in [0.25, 0.3) is 33.0 Å². The minimum atomic E-state index is -0.638. The lowest BCUT2D eigenvalue weighted by Gasteiger charge is -2.28. The molecule has 4 aromatic rings. The van der Waals surface area contributed by atoms with E-state index in [1.165, 1.54) is 0 Å². The van der Waals surface area contributed by atoms with Crippen LogP contribution in [-0.4, -0.2) is 70.3 Å². The van der Waals surface area contributed by atoms with Gasteiger partial charge in [-0.25, -0.2) is 0 Å². The number of imide groups is 1. The van der Waals surface area contributed by atoms with Crippen LogP contribution in [0.3, 0.4) is 0 Å². The molecule has 37 heavy (non-hydrogen) atoms. The van der Waals surface area contributed by atoms with Crippen molar-refractivity contribution < 1.29 is 19.4 Å². The van der Waals surface area contributed by atoms with E-state index in [1.807, 2.05) is 22.9 Å². The molecule has 1 saturated heterocycles. The predicted octanol–water partition coefficient (Wildman–Crippen LogP) is 3.69. The largest absolute Gasteiger partial charge is 0.390 e.